The van der Waals surface area contributed by atoms with E-state index in [4.69, 9.17) is 0 Å². The minimum Gasteiger partial charge on any atom is -0.368 e. The standard InChI is InChI=1S/C42H48O16/c43-33(44)25(34(45)46)31(26(35(47)48)36(49)50)41-21-13-5-1-9-17(21)29(18-10-2-6-14-22(18)41)42(32(27(37(51)52)38(53)54)28(39(55)56)40(57)58)23-15-7-3-11-19(23)30(41)20-12-4-8-16-24(20)42/h1-16,25-40,43-58H. The van der Waals surface area contributed by atoms with Gasteiger partial charge in [0, 0.05) is 22.7 Å². The van der Waals surface area contributed by atoms with E-state index in [1.54, 1.807) is 97.1 Å². The number of aliphatic hydroxyl groups excluding tert-OH is 8. The van der Waals surface area contributed by atoms with Crippen LogP contribution < -0.4 is 0 Å². The van der Waals surface area contributed by atoms with Crippen LogP contribution in [0.2, 0.25) is 0 Å². The maximum Gasteiger partial charge on any atom is 0.159 e. The van der Waals surface area contributed by atoms with Gasteiger partial charge in [0.15, 0.2) is 50.3 Å². The van der Waals surface area contributed by atoms with Crippen molar-refractivity contribution in [1.29, 1.82) is 0 Å². The zero-order valence-electron chi connectivity index (χ0n) is 30.6. The summed E-state index contributed by atoms with van der Waals surface area (Å²) in [4.78, 5) is 0. The van der Waals surface area contributed by atoms with Crippen LogP contribution >= 0.6 is 0 Å². The molecule has 0 heterocycles. The van der Waals surface area contributed by atoms with E-state index in [1.165, 1.54) is 0 Å². The van der Waals surface area contributed by atoms with Gasteiger partial charge in [0.2, 0.25) is 0 Å². The van der Waals surface area contributed by atoms with Crippen molar-refractivity contribution >= 4 is 0 Å². The van der Waals surface area contributed by atoms with Crippen LogP contribution in [0.15, 0.2) is 97.1 Å². The highest BCUT2D eigenvalue weighted by molar-refractivity contribution is 5.74. The maximum absolute atomic E-state index is 11.1. The molecule has 4 aromatic rings. The summed E-state index contributed by atoms with van der Waals surface area (Å²) in [6.45, 7) is 0. The lowest BCUT2D eigenvalue weighted by atomic mass is 9.36. The van der Waals surface area contributed by atoms with Gasteiger partial charge in [-0.1, -0.05) is 97.1 Å². The van der Waals surface area contributed by atoms with E-state index >= 15 is 0 Å². The zero-order chi connectivity index (χ0) is 42.2. The van der Waals surface area contributed by atoms with Crippen molar-refractivity contribution in [1.82, 2.24) is 0 Å². The van der Waals surface area contributed by atoms with Crippen molar-refractivity contribution in [3.63, 3.8) is 0 Å². The fourth-order valence-corrected chi connectivity index (χ4v) is 11.7. The molecular weight excluding hydrogens is 760 g/mol. The van der Waals surface area contributed by atoms with Crippen LogP contribution in [0.25, 0.3) is 0 Å². The highest BCUT2D eigenvalue weighted by atomic mass is 16.5. The van der Waals surface area contributed by atoms with Gasteiger partial charge < -0.3 is 81.7 Å². The molecule has 16 nitrogen and oxygen atoms in total. The van der Waals surface area contributed by atoms with Gasteiger partial charge in [-0.05, 0) is 56.3 Å². The molecule has 4 bridgehead atoms. The molecule has 58 heavy (non-hydrogen) atoms. The third kappa shape index (κ3) is 5.92. The van der Waals surface area contributed by atoms with Gasteiger partial charge in [-0.2, -0.15) is 0 Å². The number of hydrogen-bond acceptors (Lipinski definition) is 16. The average Bonchev–Trinajstić information content (AvgIpc) is 3.14. The van der Waals surface area contributed by atoms with E-state index in [0.29, 0.717) is 22.3 Å². The Bertz CT molecular complexity index is 1770. The summed E-state index contributed by atoms with van der Waals surface area (Å²) in [6, 6.07) is 25.8. The van der Waals surface area contributed by atoms with Crippen molar-refractivity contribution in [2.24, 2.45) is 35.5 Å². The molecule has 0 radical (unpaired) electrons. The molecule has 0 fully saturated rings. The molecule has 10 rings (SSSR count). The monoisotopic (exact) mass is 808 g/mol. The van der Waals surface area contributed by atoms with Gasteiger partial charge in [-0.25, -0.2) is 0 Å². The largest absolute Gasteiger partial charge is 0.368 e. The van der Waals surface area contributed by atoms with Crippen LogP contribution in [-0.4, -0.2) is 132 Å². The van der Waals surface area contributed by atoms with Crippen molar-refractivity contribution < 1.29 is 81.7 Å². The molecule has 0 saturated carbocycles. The Hall–Kier alpha value is -3.76. The van der Waals surface area contributed by atoms with Crippen molar-refractivity contribution in [3.05, 3.63) is 142 Å². The molecule has 312 valence electrons. The molecule has 6 aliphatic carbocycles. The molecule has 0 saturated heterocycles. The second kappa shape index (κ2) is 15.7. The maximum atomic E-state index is 11.1. The first-order valence-electron chi connectivity index (χ1n) is 18.7. The van der Waals surface area contributed by atoms with Crippen molar-refractivity contribution in [2.75, 3.05) is 0 Å². The number of aliphatic hydroxyl groups is 16. The lowest BCUT2D eigenvalue weighted by Gasteiger charge is -2.66. The second-order valence-corrected chi connectivity index (χ2v) is 15.6. The van der Waals surface area contributed by atoms with Crippen LogP contribution in [0, 0.1) is 35.5 Å². The van der Waals surface area contributed by atoms with E-state index in [-0.39, 0.29) is 22.3 Å². The lowest BCUT2D eigenvalue weighted by molar-refractivity contribution is -0.257. The first-order valence-corrected chi connectivity index (χ1v) is 18.7. The predicted molar refractivity (Wildman–Crippen MR) is 198 cm³/mol. The van der Waals surface area contributed by atoms with Crippen molar-refractivity contribution in [2.45, 2.75) is 73.0 Å². The summed E-state index contributed by atoms with van der Waals surface area (Å²) in [5.74, 6) is -14.9. The lowest BCUT2D eigenvalue weighted by Crippen LogP contribution is -2.66. The SMILES string of the molecule is OC(O)C(C(O)O)C(C(C(O)O)C(O)O)C12c3ccccc3C(c3ccccc31)C1(C(C(C(O)O)C(O)O)C(C(O)O)C(O)O)c3ccccc3C2c2ccccc21. The van der Waals surface area contributed by atoms with Gasteiger partial charge in [0.05, 0.1) is 23.7 Å². The summed E-state index contributed by atoms with van der Waals surface area (Å²) in [5.41, 5.74) is -1.70. The first kappa shape index (κ1) is 42.4. The molecule has 16 N–H and O–H groups in total. The fraction of sp³-hybridized carbons (Fsp3) is 0.429. The smallest absolute Gasteiger partial charge is 0.159 e. The summed E-state index contributed by atoms with van der Waals surface area (Å²) >= 11 is 0. The highest BCUT2D eigenvalue weighted by Crippen LogP contribution is 2.74. The second-order valence-electron chi connectivity index (χ2n) is 15.6. The number of rotatable bonds is 14. The molecule has 0 amide bonds. The summed E-state index contributed by atoms with van der Waals surface area (Å²) in [7, 11) is 0. The topological polar surface area (TPSA) is 324 Å². The highest BCUT2D eigenvalue weighted by Gasteiger charge is 2.71. The predicted octanol–water partition coefficient (Wildman–Crippen LogP) is -2.95. The van der Waals surface area contributed by atoms with E-state index in [9.17, 15) is 81.7 Å². The fourth-order valence-electron chi connectivity index (χ4n) is 11.7. The van der Waals surface area contributed by atoms with Gasteiger partial charge in [0.25, 0.3) is 0 Å². The molecule has 4 aromatic carbocycles. The third-order valence-electron chi connectivity index (χ3n) is 13.2. The molecule has 0 aromatic heterocycles. The van der Waals surface area contributed by atoms with E-state index in [0.717, 1.165) is 0 Å². The van der Waals surface area contributed by atoms with Crippen molar-refractivity contribution in [3.8, 4) is 0 Å². The number of hydrogen-bond donors (Lipinski definition) is 16. The minimum atomic E-state index is -2.63. The van der Waals surface area contributed by atoms with Gasteiger partial charge in [-0.15, -0.1) is 0 Å². The summed E-state index contributed by atoms with van der Waals surface area (Å²) in [5, 5.41) is 177. The Morgan fingerprint density at radius 1 is 0.276 bits per heavy atom. The Labute approximate surface area is 331 Å². The van der Waals surface area contributed by atoms with Crippen LogP contribution in [-0.2, 0) is 10.8 Å². The van der Waals surface area contributed by atoms with Crippen LogP contribution in [0.5, 0.6) is 0 Å². The molecule has 16 heteroatoms. The van der Waals surface area contributed by atoms with Crippen LogP contribution in [0.4, 0.5) is 0 Å². The van der Waals surface area contributed by atoms with Gasteiger partial charge in [0.1, 0.15) is 0 Å². The summed E-state index contributed by atoms with van der Waals surface area (Å²) in [6.07, 6.45) is -21.0. The molecule has 0 unspecified atom stereocenters. The third-order valence-corrected chi connectivity index (χ3v) is 13.2. The minimum absolute atomic E-state index is 0.245. The molecule has 0 aliphatic heterocycles. The quantitative estimate of drug-likeness (QED) is 0.0566. The Balaban J connectivity index is 1.82. The average molecular weight is 809 g/mol. The van der Waals surface area contributed by atoms with E-state index < -0.39 is 108 Å². The Morgan fingerprint density at radius 2 is 0.448 bits per heavy atom. The number of benzene rings is 4. The molecule has 0 atom stereocenters. The molecular formula is C42H48O16. The molecule has 0 spiro atoms. The van der Waals surface area contributed by atoms with Gasteiger partial charge >= 0.3 is 0 Å². The molecule has 6 aliphatic rings. The Morgan fingerprint density at radius 3 is 0.621 bits per heavy atom. The summed E-state index contributed by atoms with van der Waals surface area (Å²) < 4.78 is 0. The van der Waals surface area contributed by atoms with Crippen LogP contribution in [0.3, 0.4) is 0 Å². The van der Waals surface area contributed by atoms with Gasteiger partial charge in [-0.3, -0.25) is 0 Å². The normalized spacial score (nSPS) is 22.4. The van der Waals surface area contributed by atoms with Crippen LogP contribution in [0.1, 0.15) is 56.3 Å². The van der Waals surface area contributed by atoms with E-state index in [1.807, 2.05) is 0 Å². The van der Waals surface area contributed by atoms with E-state index in [2.05, 4.69) is 0 Å². The first-order chi connectivity index (χ1) is 27.5. The zero-order valence-corrected chi connectivity index (χ0v) is 30.6. The Kier molecular flexibility index (Phi) is 11.5.